The number of hydrogen-bond acceptors (Lipinski definition) is 3. The molecule has 1 atom stereocenters. The SMILES string of the molecule is COC(=O)CN1C(=O)CCC1/C=C\C[Si](C)(C)C. The second-order valence-electron chi connectivity index (χ2n) is 5.90. The molecular formula is C13H23NO3Si. The molecule has 1 fully saturated rings. The largest absolute Gasteiger partial charge is 0.468 e. The van der Waals surface area contributed by atoms with Gasteiger partial charge in [-0.25, -0.2) is 0 Å². The zero-order chi connectivity index (χ0) is 13.8. The van der Waals surface area contributed by atoms with E-state index in [1.165, 1.54) is 7.11 Å². The zero-order valence-electron chi connectivity index (χ0n) is 11.7. The molecule has 0 bridgehead atoms. The van der Waals surface area contributed by atoms with Crippen molar-refractivity contribution in [2.45, 2.75) is 44.6 Å². The van der Waals surface area contributed by atoms with Crippen molar-refractivity contribution in [3.8, 4) is 0 Å². The van der Waals surface area contributed by atoms with Gasteiger partial charge in [-0.15, -0.1) is 0 Å². The third-order valence-corrected chi connectivity index (χ3v) is 4.45. The highest BCUT2D eigenvalue weighted by Gasteiger charge is 2.30. The number of rotatable bonds is 5. The van der Waals surface area contributed by atoms with E-state index in [-0.39, 0.29) is 24.5 Å². The van der Waals surface area contributed by atoms with Gasteiger partial charge >= 0.3 is 5.97 Å². The first kappa shape index (κ1) is 15.0. The lowest BCUT2D eigenvalue weighted by Crippen LogP contribution is -2.36. The molecule has 0 radical (unpaired) electrons. The third-order valence-electron chi connectivity index (χ3n) is 2.99. The molecule has 102 valence electrons. The molecule has 4 nitrogen and oxygen atoms in total. The van der Waals surface area contributed by atoms with E-state index in [9.17, 15) is 9.59 Å². The summed E-state index contributed by atoms with van der Waals surface area (Å²) in [5, 5.41) is 0. The van der Waals surface area contributed by atoms with E-state index >= 15 is 0 Å². The number of methoxy groups -OCH3 is 1. The summed E-state index contributed by atoms with van der Waals surface area (Å²) in [6.45, 7) is 6.99. The Kier molecular flexibility index (Phi) is 5.13. The van der Waals surface area contributed by atoms with Crippen molar-refractivity contribution < 1.29 is 14.3 Å². The minimum Gasteiger partial charge on any atom is -0.468 e. The van der Waals surface area contributed by atoms with Crippen LogP contribution in [0.3, 0.4) is 0 Å². The molecule has 1 aliphatic rings. The van der Waals surface area contributed by atoms with Gasteiger partial charge in [-0.2, -0.15) is 0 Å². The van der Waals surface area contributed by atoms with Gasteiger partial charge in [-0.05, 0) is 12.5 Å². The maximum Gasteiger partial charge on any atom is 0.325 e. The molecule has 0 spiro atoms. The highest BCUT2D eigenvalue weighted by molar-refractivity contribution is 6.76. The van der Waals surface area contributed by atoms with Crippen LogP contribution in [-0.2, 0) is 14.3 Å². The first-order valence-corrected chi connectivity index (χ1v) is 10.1. The second kappa shape index (κ2) is 6.18. The minimum absolute atomic E-state index is 0.0445. The molecule has 0 N–H and O–H groups in total. The number of ether oxygens (including phenoxy) is 1. The van der Waals surface area contributed by atoms with Crippen molar-refractivity contribution in [1.82, 2.24) is 4.90 Å². The van der Waals surface area contributed by atoms with Gasteiger partial charge in [0.05, 0.1) is 13.2 Å². The van der Waals surface area contributed by atoms with Crippen LogP contribution in [0.1, 0.15) is 12.8 Å². The molecule has 1 amide bonds. The van der Waals surface area contributed by atoms with Gasteiger partial charge in [0.1, 0.15) is 6.54 Å². The van der Waals surface area contributed by atoms with Gasteiger partial charge in [-0.3, -0.25) is 9.59 Å². The lowest BCUT2D eigenvalue weighted by atomic mass is 10.2. The van der Waals surface area contributed by atoms with Gasteiger partial charge < -0.3 is 9.64 Å². The number of amides is 1. The fourth-order valence-corrected chi connectivity index (χ4v) is 2.79. The molecule has 1 rings (SSSR count). The summed E-state index contributed by atoms with van der Waals surface area (Å²) in [5.41, 5.74) is 0. The highest BCUT2D eigenvalue weighted by Crippen LogP contribution is 2.20. The topological polar surface area (TPSA) is 46.6 Å². The molecule has 1 unspecified atom stereocenters. The van der Waals surface area contributed by atoms with Gasteiger partial charge in [0, 0.05) is 14.5 Å². The highest BCUT2D eigenvalue weighted by atomic mass is 28.3. The standard InChI is InChI=1S/C13H23NO3Si/c1-17-13(16)10-14-11(7-8-12(14)15)6-5-9-18(2,3)4/h5-6,11H,7-10H2,1-4H3/b6-5-. The lowest BCUT2D eigenvalue weighted by molar-refractivity contribution is -0.146. The Morgan fingerprint density at radius 1 is 1.50 bits per heavy atom. The van der Waals surface area contributed by atoms with Crippen molar-refractivity contribution in [1.29, 1.82) is 0 Å². The van der Waals surface area contributed by atoms with Crippen LogP contribution in [0.15, 0.2) is 12.2 Å². The number of esters is 1. The van der Waals surface area contributed by atoms with Crippen molar-refractivity contribution in [3.63, 3.8) is 0 Å². The summed E-state index contributed by atoms with van der Waals surface area (Å²) in [6, 6.07) is 1.16. The molecule has 0 aromatic heterocycles. The summed E-state index contributed by atoms with van der Waals surface area (Å²) in [4.78, 5) is 24.6. The maximum absolute atomic E-state index is 11.7. The van der Waals surface area contributed by atoms with Crippen molar-refractivity contribution in [3.05, 3.63) is 12.2 Å². The van der Waals surface area contributed by atoms with Crippen LogP contribution in [0.5, 0.6) is 0 Å². The monoisotopic (exact) mass is 269 g/mol. The lowest BCUT2D eigenvalue weighted by Gasteiger charge is -2.21. The second-order valence-corrected chi connectivity index (χ2v) is 11.4. The molecular weight excluding hydrogens is 246 g/mol. The third kappa shape index (κ3) is 4.64. The van der Waals surface area contributed by atoms with Crippen molar-refractivity contribution >= 4 is 20.0 Å². The van der Waals surface area contributed by atoms with Crippen LogP contribution < -0.4 is 0 Å². The van der Waals surface area contributed by atoms with E-state index in [1.54, 1.807) is 4.90 Å². The van der Waals surface area contributed by atoms with E-state index < -0.39 is 8.07 Å². The fourth-order valence-electron chi connectivity index (χ4n) is 1.94. The fraction of sp³-hybridized carbons (Fsp3) is 0.692. The molecule has 0 aliphatic carbocycles. The van der Waals surface area contributed by atoms with Crippen LogP contribution in [-0.4, -0.2) is 44.5 Å². The van der Waals surface area contributed by atoms with E-state index in [2.05, 4.69) is 36.5 Å². The summed E-state index contributed by atoms with van der Waals surface area (Å²) in [6.07, 6.45) is 5.57. The Morgan fingerprint density at radius 3 is 2.72 bits per heavy atom. The van der Waals surface area contributed by atoms with Crippen LogP contribution in [0, 0.1) is 0 Å². The number of carbonyl (C=O) groups is 2. The molecule has 1 heterocycles. The van der Waals surface area contributed by atoms with Crippen molar-refractivity contribution in [2.24, 2.45) is 0 Å². The average Bonchev–Trinajstić information content (AvgIpc) is 2.59. The number of nitrogens with zero attached hydrogens (tertiary/aromatic N) is 1. The molecule has 1 aliphatic heterocycles. The van der Waals surface area contributed by atoms with Crippen LogP contribution >= 0.6 is 0 Å². The smallest absolute Gasteiger partial charge is 0.325 e. The minimum atomic E-state index is -1.09. The Balaban J connectivity index is 2.58. The van der Waals surface area contributed by atoms with E-state index in [1.807, 2.05) is 0 Å². The summed E-state index contributed by atoms with van der Waals surface area (Å²) < 4.78 is 4.62. The predicted molar refractivity (Wildman–Crippen MR) is 74.0 cm³/mol. The molecule has 18 heavy (non-hydrogen) atoms. The molecule has 0 saturated carbocycles. The van der Waals surface area contributed by atoms with E-state index in [4.69, 9.17) is 0 Å². The Bertz CT molecular complexity index is 347. The number of hydrogen-bond donors (Lipinski definition) is 0. The van der Waals surface area contributed by atoms with Gasteiger partial charge in [0.15, 0.2) is 0 Å². The normalized spacial score (nSPS) is 20.8. The Morgan fingerprint density at radius 2 is 2.17 bits per heavy atom. The van der Waals surface area contributed by atoms with Gasteiger partial charge in [0.25, 0.3) is 0 Å². The molecule has 0 aromatic carbocycles. The molecule has 1 saturated heterocycles. The van der Waals surface area contributed by atoms with Crippen LogP contribution in [0.2, 0.25) is 25.7 Å². The van der Waals surface area contributed by atoms with Crippen LogP contribution in [0.4, 0.5) is 0 Å². The van der Waals surface area contributed by atoms with E-state index in [0.717, 1.165) is 12.5 Å². The predicted octanol–water partition coefficient (Wildman–Crippen LogP) is 2.04. The van der Waals surface area contributed by atoms with E-state index in [0.29, 0.717) is 6.42 Å². The number of allylic oxidation sites excluding steroid dienone is 1. The molecule has 0 aromatic rings. The first-order chi connectivity index (χ1) is 8.33. The maximum atomic E-state index is 11.7. The quantitative estimate of drug-likeness (QED) is 0.436. The van der Waals surface area contributed by atoms with Gasteiger partial charge in [0.2, 0.25) is 5.91 Å². The Labute approximate surface area is 110 Å². The Hall–Kier alpha value is -1.10. The van der Waals surface area contributed by atoms with Crippen LogP contribution in [0.25, 0.3) is 0 Å². The summed E-state index contributed by atoms with van der Waals surface area (Å²) in [7, 11) is 0.257. The van der Waals surface area contributed by atoms with Crippen molar-refractivity contribution in [2.75, 3.05) is 13.7 Å². The number of likely N-dealkylation sites (tertiary alicyclic amines) is 1. The summed E-state index contributed by atoms with van der Waals surface area (Å²) >= 11 is 0. The number of carbonyl (C=O) groups excluding carboxylic acids is 2. The first-order valence-electron chi connectivity index (χ1n) is 6.36. The average molecular weight is 269 g/mol. The summed E-state index contributed by atoms with van der Waals surface area (Å²) in [5.74, 6) is -0.308. The zero-order valence-corrected chi connectivity index (χ0v) is 12.7. The molecule has 5 heteroatoms. The van der Waals surface area contributed by atoms with Gasteiger partial charge in [-0.1, -0.05) is 31.8 Å².